The molecule has 2 aromatic carbocycles. The third-order valence-electron chi connectivity index (χ3n) is 2.72. The van der Waals surface area contributed by atoms with Crippen molar-refractivity contribution in [3.8, 4) is 11.1 Å². The van der Waals surface area contributed by atoms with Crippen LogP contribution in [-0.2, 0) is 6.54 Å². The fraction of sp³-hybridized carbons (Fsp3) is 0.0769. The Bertz CT molecular complexity index is 597. The summed E-state index contributed by atoms with van der Waals surface area (Å²) in [5.74, 6) is 0. The van der Waals surface area contributed by atoms with Crippen molar-refractivity contribution in [2.75, 3.05) is 5.73 Å². The molecule has 0 fully saturated rings. The summed E-state index contributed by atoms with van der Waals surface area (Å²) in [6.45, 7) is 0.393. The Balaban J connectivity index is 2.63. The number of nitro groups is 1. The van der Waals surface area contributed by atoms with E-state index in [0.717, 1.165) is 11.1 Å². The summed E-state index contributed by atoms with van der Waals surface area (Å²) in [7, 11) is 0. The highest BCUT2D eigenvalue weighted by molar-refractivity contribution is 5.81. The van der Waals surface area contributed by atoms with E-state index in [0.29, 0.717) is 12.1 Å². The fourth-order valence-electron chi connectivity index (χ4n) is 1.86. The zero-order valence-electron chi connectivity index (χ0n) is 9.67. The van der Waals surface area contributed by atoms with Gasteiger partial charge in [-0.25, -0.2) is 0 Å². The Morgan fingerprint density at radius 2 is 1.89 bits per heavy atom. The minimum absolute atomic E-state index is 0.0633. The van der Waals surface area contributed by atoms with Gasteiger partial charge < -0.3 is 11.5 Å². The van der Waals surface area contributed by atoms with Crippen molar-refractivity contribution in [2.45, 2.75) is 6.54 Å². The Kier molecular flexibility index (Phi) is 3.25. The van der Waals surface area contributed by atoms with Crippen LogP contribution < -0.4 is 11.5 Å². The molecule has 0 saturated heterocycles. The van der Waals surface area contributed by atoms with E-state index in [2.05, 4.69) is 0 Å². The maximum absolute atomic E-state index is 11.1. The average molecular weight is 243 g/mol. The maximum atomic E-state index is 11.1. The Hall–Kier alpha value is -2.40. The molecule has 0 saturated carbocycles. The SMILES string of the molecule is NCc1cccc(-c2cccc(N)c2[N+](=O)[O-])c1. The molecule has 0 spiro atoms. The van der Waals surface area contributed by atoms with Crippen LogP contribution in [0.5, 0.6) is 0 Å². The van der Waals surface area contributed by atoms with Crippen molar-refractivity contribution >= 4 is 11.4 Å². The zero-order valence-corrected chi connectivity index (χ0v) is 9.67. The van der Waals surface area contributed by atoms with Gasteiger partial charge in [0.15, 0.2) is 0 Å². The predicted molar refractivity (Wildman–Crippen MR) is 70.8 cm³/mol. The first kappa shape index (κ1) is 12.1. The summed E-state index contributed by atoms with van der Waals surface area (Å²) >= 11 is 0. The van der Waals surface area contributed by atoms with Gasteiger partial charge in [-0.1, -0.05) is 24.3 Å². The van der Waals surface area contributed by atoms with Gasteiger partial charge in [0, 0.05) is 6.54 Å². The summed E-state index contributed by atoms with van der Waals surface area (Å²) < 4.78 is 0. The minimum atomic E-state index is -0.459. The van der Waals surface area contributed by atoms with Gasteiger partial charge in [0.2, 0.25) is 0 Å². The van der Waals surface area contributed by atoms with E-state index in [1.165, 1.54) is 6.07 Å². The van der Waals surface area contributed by atoms with Gasteiger partial charge in [0.1, 0.15) is 5.69 Å². The lowest BCUT2D eigenvalue weighted by Crippen LogP contribution is -1.99. The van der Waals surface area contributed by atoms with Gasteiger partial charge in [-0.2, -0.15) is 0 Å². The second-order valence-electron chi connectivity index (χ2n) is 3.91. The van der Waals surface area contributed by atoms with Crippen LogP contribution in [0.2, 0.25) is 0 Å². The van der Waals surface area contributed by atoms with E-state index in [1.807, 2.05) is 18.2 Å². The number of para-hydroxylation sites is 1. The first-order valence-electron chi connectivity index (χ1n) is 5.45. The highest BCUT2D eigenvalue weighted by Gasteiger charge is 2.18. The number of nitrogen functional groups attached to an aromatic ring is 1. The minimum Gasteiger partial charge on any atom is -0.393 e. The van der Waals surface area contributed by atoms with E-state index in [4.69, 9.17) is 11.5 Å². The van der Waals surface area contributed by atoms with E-state index in [1.54, 1.807) is 18.2 Å². The van der Waals surface area contributed by atoms with Crippen LogP contribution in [-0.4, -0.2) is 4.92 Å². The van der Waals surface area contributed by atoms with E-state index in [9.17, 15) is 10.1 Å². The lowest BCUT2D eigenvalue weighted by molar-refractivity contribution is -0.383. The van der Waals surface area contributed by atoms with Crippen LogP contribution in [0.3, 0.4) is 0 Å². The molecule has 0 aliphatic rings. The van der Waals surface area contributed by atoms with Gasteiger partial charge in [-0.3, -0.25) is 10.1 Å². The molecule has 0 aliphatic carbocycles. The summed E-state index contributed by atoms with van der Waals surface area (Å²) in [6, 6.07) is 12.3. The van der Waals surface area contributed by atoms with Crippen molar-refractivity contribution in [1.29, 1.82) is 0 Å². The fourth-order valence-corrected chi connectivity index (χ4v) is 1.86. The molecular weight excluding hydrogens is 230 g/mol. The zero-order chi connectivity index (χ0) is 13.1. The molecule has 0 radical (unpaired) electrons. The second kappa shape index (κ2) is 4.85. The highest BCUT2D eigenvalue weighted by atomic mass is 16.6. The number of nitro benzene ring substituents is 1. The topological polar surface area (TPSA) is 95.2 Å². The van der Waals surface area contributed by atoms with E-state index < -0.39 is 4.92 Å². The van der Waals surface area contributed by atoms with Gasteiger partial charge in [-0.05, 0) is 29.3 Å². The van der Waals surface area contributed by atoms with Gasteiger partial charge in [0.05, 0.1) is 10.5 Å². The van der Waals surface area contributed by atoms with Crippen LogP contribution in [0.1, 0.15) is 5.56 Å². The number of hydrogen-bond acceptors (Lipinski definition) is 4. The number of benzene rings is 2. The molecule has 5 nitrogen and oxygen atoms in total. The molecule has 0 bridgehead atoms. The van der Waals surface area contributed by atoms with Crippen LogP contribution in [0.4, 0.5) is 11.4 Å². The first-order chi connectivity index (χ1) is 8.63. The molecule has 5 heteroatoms. The molecule has 0 aliphatic heterocycles. The Morgan fingerprint density at radius 1 is 1.17 bits per heavy atom. The van der Waals surface area contributed by atoms with Gasteiger partial charge in [0.25, 0.3) is 5.69 Å². The molecule has 4 N–H and O–H groups in total. The highest BCUT2D eigenvalue weighted by Crippen LogP contribution is 2.34. The average Bonchev–Trinajstić information content (AvgIpc) is 2.38. The summed E-state index contributed by atoms with van der Waals surface area (Å²) in [6.07, 6.45) is 0. The van der Waals surface area contributed by atoms with Crippen LogP contribution in [0, 0.1) is 10.1 Å². The molecule has 2 rings (SSSR count). The summed E-state index contributed by atoms with van der Waals surface area (Å²) in [5.41, 5.74) is 13.5. The number of hydrogen-bond donors (Lipinski definition) is 2. The quantitative estimate of drug-likeness (QED) is 0.491. The molecule has 92 valence electrons. The summed E-state index contributed by atoms with van der Waals surface area (Å²) in [5, 5.41) is 11.1. The lowest BCUT2D eigenvalue weighted by atomic mass is 10.0. The third kappa shape index (κ3) is 2.16. The predicted octanol–water partition coefficient (Wildman–Crippen LogP) is 2.30. The third-order valence-corrected chi connectivity index (χ3v) is 2.72. The second-order valence-corrected chi connectivity index (χ2v) is 3.91. The van der Waals surface area contributed by atoms with Crippen molar-refractivity contribution in [3.05, 3.63) is 58.1 Å². The number of nitrogens with zero attached hydrogens (tertiary/aromatic N) is 1. The number of rotatable bonds is 3. The molecular formula is C13H13N3O2. The molecule has 0 unspecified atom stereocenters. The first-order valence-corrected chi connectivity index (χ1v) is 5.45. The standard InChI is InChI=1S/C13H13N3O2/c14-8-9-3-1-4-10(7-9)11-5-2-6-12(15)13(11)16(17)18/h1-7H,8,14-15H2. The van der Waals surface area contributed by atoms with Crippen LogP contribution in [0.15, 0.2) is 42.5 Å². The van der Waals surface area contributed by atoms with E-state index >= 15 is 0 Å². The molecule has 0 heterocycles. The Labute approximate surface area is 104 Å². The van der Waals surface area contributed by atoms with Crippen LogP contribution in [0.25, 0.3) is 11.1 Å². The van der Waals surface area contributed by atoms with Crippen LogP contribution >= 0.6 is 0 Å². The largest absolute Gasteiger partial charge is 0.393 e. The van der Waals surface area contributed by atoms with Gasteiger partial charge in [-0.15, -0.1) is 0 Å². The molecule has 0 aromatic heterocycles. The molecule has 2 aromatic rings. The number of anilines is 1. The van der Waals surface area contributed by atoms with Crippen molar-refractivity contribution in [3.63, 3.8) is 0 Å². The molecule has 0 amide bonds. The van der Waals surface area contributed by atoms with Crippen molar-refractivity contribution in [2.24, 2.45) is 5.73 Å². The normalized spacial score (nSPS) is 10.3. The monoisotopic (exact) mass is 243 g/mol. The maximum Gasteiger partial charge on any atom is 0.299 e. The van der Waals surface area contributed by atoms with Gasteiger partial charge >= 0.3 is 0 Å². The van der Waals surface area contributed by atoms with Crippen molar-refractivity contribution in [1.82, 2.24) is 0 Å². The van der Waals surface area contributed by atoms with E-state index in [-0.39, 0.29) is 11.4 Å². The molecule has 18 heavy (non-hydrogen) atoms. The van der Waals surface area contributed by atoms with Crippen molar-refractivity contribution < 1.29 is 4.92 Å². The smallest absolute Gasteiger partial charge is 0.299 e. The molecule has 0 atom stereocenters. The lowest BCUT2D eigenvalue weighted by Gasteiger charge is -2.06. The summed E-state index contributed by atoms with van der Waals surface area (Å²) in [4.78, 5) is 10.6. The Morgan fingerprint density at radius 3 is 2.56 bits per heavy atom. The number of nitrogens with two attached hydrogens (primary N) is 2.